The van der Waals surface area contributed by atoms with E-state index >= 15 is 0 Å². The maximum absolute atomic E-state index is 9.03. The zero-order valence-electron chi connectivity index (χ0n) is 10.1. The van der Waals surface area contributed by atoms with Crippen LogP contribution in [-0.2, 0) is 6.61 Å². The maximum atomic E-state index is 9.03. The van der Waals surface area contributed by atoms with E-state index in [0.29, 0.717) is 0 Å². The Bertz CT molecular complexity index is 685. The molecule has 0 aliphatic carbocycles. The Morgan fingerprint density at radius 1 is 1.06 bits per heavy atom. The van der Waals surface area contributed by atoms with Gasteiger partial charge in [0.15, 0.2) is 0 Å². The van der Waals surface area contributed by atoms with E-state index < -0.39 is 0 Å². The molecule has 0 saturated carbocycles. The Balaban J connectivity index is 2.06. The van der Waals surface area contributed by atoms with E-state index in [1.54, 1.807) is 11.3 Å². The molecule has 0 aliphatic rings. The van der Waals surface area contributed by atoms with Crippen LogP contribution < -0.4 is 0 Å². The van der Waals surface area contributed by atoms with E-state index in [1.807, 2.05) is 31.2 Å². The first-order valence-corrected chi connectivity index (χ1v) is 6.65. The van der Waals surface area contributed by atoms with Crippen molar-refractivity contribution in [1.82, 2.24) is 4.98 Å². The normalized spacial score (nSPS) is 11.0. The molecule has 18 heavy (non-hydrogen) atoms. The number of thiazole rings is 1. The van der Waals surface area contributed by atoms with Crippen LogP contribution in [-0.4, -0.2) is 10.1 Å². The third-order valence-corrected chi connectivity index (χ3v) is 3.92. The van der Waals surface area contributed by atoms with Crippen molar-refractivity contribution in [2.45, 2.75) is 13.5 Å². The number of hydrogen-bond donors (Lipinski definition) is 1. The molecule has 0 aliphatic heterocycles. The monoisotopic (exact) mass is 255 g/mol. The van der Waals surface area contributed by atoms with Gasteiger partial charge in [-0.3, -0.25) is 0 Å². The van der Waals surface area contributed by atoms with Crippen LogP contribution in [0.3, 0.4) is 0 Å². The Kier molecular flexibility index (Phi) is 2.86. The van der Waals surface area contributed by atoms with Crippen molar-refractivity contribution in [2.75, 3.05) is 0 Å². The maximum Gasteiger partial charge on any atom is 0.0907 e. The molecule has 90 valence electrons. The van der Waals surface area contributed by atoms with E-state index in [9.17, 15) is 0 Å². The first-order valence-electron chi connectivity index (χ1n) is 5.83. The summed E-state index contributed by atoms with van der Waals surface area (Å²) >= 11 is 1.72. The van der Waals surface area contributed by atoms with E-state index in [2.05, 4.69) is 23.2 Å². The SMILES string of the molecule is Cc1nc2cc(-c3ccc(CO)cc3)ccc2s1. The zero-order valence-corrected chi connectivity index (χ0v) is 10.9. The van der Waals surface area contributed by atoms with Gasteiger partial charge in [-0.05, 0) is 35.7 Å². The summed E-state index contributed by atoms with van der Waals surface area (Å²) in [5, 5.41) is 10.1. The summed E-state index contributed by atoms with van der Waals surface area (Å²) in [5.41, 5.74) is 4.31. The van der Waals surface area contributed by atoms with E-state index in [-0.39, 0.29) is 6.61 Å². The minimum Gasteiger partial charge on any atom is -0.392 e. The van der Waals surface area contributed by atoms with Gasteiger partial charge in [-0.15, -0.1) is 11.3 Å². The smallest absolute Gasteiger partial charge is 0.0907 e. The summed E-state index contributed by atoms with van der Waals surface area (Å²) in [6.45, 7) is 2.12. The van der Waals surface area contributed by atoms with Crippen LogP contribution in [0.25, 0.3) is 21.3 Å². The summed E-state index contributed by atoms with van der Waals surface area (Å²) in [4.78, 5) is 4.51. The van der Waals surface area contributed by atoms with Crippen molar-refractivity contribution in [2.24, 2.45) is 0 Å². The highest BCUT2D eigenvalue weighted by molar-refractivity contribution is 7.18. The average Bonchev–Trinajstić information content (AvgIpc) is 2.78. The van der Waals surface area contributed by atoms with Crippen molar-refractivity contribution in [3.8, 4) is 11.1 Å². The van der Waals surface area contributed by atoms with Gasteiger partial charge in [0.1, 0.15) is 0 Å². The number of aromatic nitrogens is 1. The fraction of sp³-hybridized carbons (Fsp3) is 0.133. The van der Waals surface area contributed by atoms with E-state index in [4.69, 9.17) is 5.11 Å². The third kappa shape index (κ3) is 2.03. The summed E-state index contributed by atoms with van der Waals surface area (Å²) < 4.78 is 1.23. The summed E-state index contributed by atoms with van der Waals surface area (Å²) in [5.74, 6) is 0. The van der Waals surface area contributed by atoms with Crippen LogP contribution in [0.4, 0.5) is 0 Å². The molecule has 0 unspecified atom stereocenters. The van der Waals surface area contributed by atoms with Crippen LogP contribution >= 0.6 is 11.3 Å². The molecular weight excluding hydrogens is 242 g/mol. The van der Waals surface area contributed by atoms with Crippen LogP contribution in [0.2, 0.25) is 0 Å². The molecule has 2 nitrogen and oxygen atoms in total. The Morgan fingerprint density at radius 3 is 2.50 bits per heavy atom. The minimum absolute atomic E-state index is 0.0879. The molecule has 0 amide bonds. The van der Waals surface area contributed by atoms with Crippen molar-refractivity contribution >= 4 is 21.6 Å². The van der Waals surface area contributed by atoms with Gasteiger partial charge in [0.2, 0.25) is 0 Å². The topological polar surface area (TPSA) is 33.1 Å². The van der Waals surface area contributed by atoms with Crippen LogP contribution in [0.15, 0.2) is 42.5 Å². The third-order valence-electron chi connectivity index (χ3n) is 2.96. The van der Waals surface area contributed by atoms with E-state index in [0.717, 1.165) is 27.2 Å². The number of aliphatic hydroxyl groups excluding tert-OH is 1. The lowest BCUT2D eigenvalue weighted by Crippen LogP contribution is -1.83. The largest absolute Gasteiger partial charge is 0.392 e. The predicted octanol–water partition coefficient (Wildman–Crippen LogP) is 3.76. The molecule has 0 fully saturated rings. The summed E-state index contributed by atoms with van der Waals surface area (Å²) in [6.07, 6.45) is 0. The fourth-order valence-corrected chi connectivity index (χ4v) is 2.83. The van der Waals surface area contributed by atoms with Crippen molar-refractivity contribution < 1.29 is 5.11 Å². The zero-order chi connectivity index (χ0) is 12.5. The van der Waals surface area contributed by atoms with Crippen LogP contribution in [0.1, 0.15) is 10.6 Å². The highest BCUT2D eigenvalue weighted by atomic mass is 32.1. The van der Waals surface area contributed by atoms with Crippen LogP contribution in [0.5, 0.6) is 0 Å². The summed E-state index contributed by atoms with van der Waals surface area (Å²) in [6, 6.07) is 14.3. The van der Waals surface area contributed by atoms with Crippen LogP contribution in [0, 0.1) is 6.92 Å². The van der Waals surface area contributed by atoms with E-state index in [1.165, 1.54) is 4.70 Å². The van der Waals surface area contributed by atoms with Gasteiger partial charge in [0.05, 0.1) is 21.8 Å². The van der Waals surface area contributed by atoms with Gasteiger partial charge < -0.3 is 5.11 Å². The molecule has 3 aromatic rings. The molecule has 0 bridgehead atoms. The number of aryl methyl sites for hydroxylation is 1. The molecule has 1 N–H and O–H groups in total. The van der Waals surface area contributed by atoms with Crippen molar-refractivity contribution in [3.63, 3.8) is 0 Å². The highest BCUT2D eigenvalue weighted by Gasteiger charge is 2.03. The Hall–Kier alpha value is -1.71. The molecule has 1 heterocycles. The highest BCUT2D eigenvalue weighted by Crippen LogP contribution is 2.27. The minimum atomic E-state index is 0.0879. The molecule has 3 heteroatoms. The molecule has 3 rings (SSSR count). The number of hydrogen-bond acceptors (Lipinski definition) is 3. The number of rotatable bonds is 2. The molecule has 1 aromatic heterocycles. The van der Waals surface area contributed by atoms with Gasteiger partial charge in [-0.1, -0.05) is 30.3 Å². The van der Waals surface area contributed by atoms with Gasteiger partial charge in [-0.2, -0.15) is 0 Å². The van der Waals surface area contributed by atoms with Crippen molar-refractivity contribution in [3.05, 3.63) is 53.0 Å². The average molecular weight is 255 g/mol. The first-order chi connectivity index (χ1) is 8.76. The molecule has 0 radical (unpaired) electrons. The number of nitrogens with zero attached hydrogens (tertiary/aromatic N) is 1. The standard InChI is InChI=1S/C15H13NOS/c1-10-16-14-8-13(6-7-15(14)18-10)12-4-2-11(9-17)3-5-12/h2-8,17H,9H2,1H3. The molecular formula is C15H13NOS. The lowest BCUT2D eigenvalue weighted by molar-refractivity contribution is 0.282. The molecule has 0 atom stereocenters. The fourth-order valence-electron chi connectivity index (χ4n) is 2.02. The second-order valence-electron chi connectivity index (χ2n) is 4.27. The lowest BCUT2D eigenvalue weighted by atomic mass is 10.0. The predicted molar refractivity (Wildman–Crippen MR) is 75.7 cm³/mol. The van der Waals surface area contributed by atoms with Crippen molar-refractivity contribution in [1.29, 1.82) is 0 Å². The second-order valence-corrected chi connectivity index (χ2v) is 5.51. The van der Waals surface area contributed by atoms with Gasteiger partial charge in [-0.25, -0.2) is 4.98 Å². The number of benzene rings is 2. The quantitative estimate of drug-likeness (QED) is 0.756. The number of fused-ring (bicyclic) bond motifs is 1. The van der Waals surface area contributed by atoms with Gasteiger partial charge in [0.25, 0.3) is 0 Å². The first kappa shape index (κ1) is 11.4. The van der Waals surface area contributed by atoms with Gasteiger partial charge >= 0.3 is 0 Å². The van der Waals surface area contributed by atoms with Gasteiger partial charge in [0, 0.05) is 0 Å². The Labute approximate surface area is 110 Å². The molecule has 0 spiro atoms. The molecule has 2 aromatic carbocycles. The number of aliphatic hydroxyl groups is 1. The lowest BCUT2D eigenvalue weighted by Gasteiger charge is -2.02. The molecule has 0 saturated heterocycles. The second kappa shape index (κ2) is 4.52. The Morgan fingerprint density at radius 2 is 1.78 bits per heavy atom. The summed E-state index contributed by atoms with van der Waals surface area (Å²) in [7, 11) is 0.